The van der Waals surface area contributed by atoms with Crippen LogP contribution in [0.25, 0.3) is 0 Å². The van der Waals surface area contributed by atoms with E-state index in [1.807, 2.05) is 4.90 Å². The molecule has 0 aromatic rings. The van der Waals surface area contributed by atoms with Gasteiger partial charge in [0.1, 0.15) is 0 Å². The maximum absolute atomic E-state index is 9.49. The van der Waals surface area contributed by atoms with Gasteiger partial charge >= 0.3 is 10.4 Å². The van der Waals surface area contributed by atoms with Crippen molar-refractivity contribution in [3.05, 3.63) is 0 Å². The lowest BCUT2D eigenvalue weighted by atomic mass is 10.0. The molecule has 9 heteroatoms. The largest absolute Gasteiger partial charge is 0.395 e. The van der Waals surface area contributed by atoms with Gasteiger partial charge in [-0.2, -0.15) is 8.42 Å². The van der Waals surface area contributed by atoms with Gasteiger partial charge in [0.15, 0.2) is 0 Å². The molecule has 0 radical (unpaired) electrons. The molecule has 0 fully saturated rings. The molecule has 0 rings (SSSR count). The number of rotatable bonds is 17. The predicted octanol–water partition coefficient (Wildman–Crippen LogP) is 2.29. The lowest BCUT2D eigenvalue weighted by Gasteiger charge is -2.29. The molecule has 0 aromatic heterocycles. The van der Waals surface area contributed by atoms with Crippen LogP contribution in [-0.2, 0) is 10.4 Å². The van der Waals surface area contributed by atoms with Crippen molar-refractivity contribution in [2.24, 2.45) is 0 Å². The predicted molar refractivity (Wildman–Crippen MR) is 107 cm³/mol. The average molecular weight is 416 g/mol. The molecular formula is C18H41NO7S. The first-order chi connectivity index (χ1) is 12.8. The lowest BCUT2D eigenvalue weighted by molar-refractivity contribution is 0.0781. The highest BCUT2D eigenvalue weighted by atomic mass is 32.3. The zero-order chi connectivity index (χ0) is 21.0. The Hall–Kier alpha value is -0.290. The highest BCUT2D eigenvalue weighted by molar-refractivity contribution is 7.79. The van der Waals surface area contributed by atoms with Crippen molar-refractivity contribution in [3.8, 4) is 0 Å². The molecule has 0 aliphatic rings. The van der Waals surface area contributed by atoms with Crippen molar-refractivity contribution in [1.82, 2.24) is 4.90 Å². The van der Waals surface area contributed by atoms with E-state index in [0.717, 1.165) is 12.8 Å². The molecule has 0 amide bonds. The minimum atomic E-state index is -4.67. The third-order valence-corrected chi connectivity index (χ3v) is 4.39. The number of aliphatic hydroxyl groups excluding tert-OH is 3. The summed E-state index contributed by atoms with van der Waals surface area (Å²) in [6.45, 7) is 3.58. The van der Waals surface area contributed by atoms with Gasteiger partial charge in [-0.1, -0.05) is 71.1 Å². The second kappa shape index (κ2) is 20.4. The van der Waals surface area contributed by atoms with Gasteiger partial charge in [0, 0.05) is 19.1 Å². The average Bonchev–Trinajstić information content (AvgIpc) is 2.58. The normalized spacial score (nSPS) is 12.7. The summed E-state index contributed by atoms with van der Waals surface area (Å²) >= 11 is 0. The number of hydrogen-bond donors (Lipinski definition) is 5. The van der Waals surface area contributed by atoms with E-state index in [0.29, 0.717) is 13.1 Å². The molecule has 0 bridgehead atoms. The number of nitrogens with zero attached hydrogens (tertiary/aromatic N) is 1. The van der Waals surface area contributed by atoms with E-state index in [9.17, 15) is 5.11 Å². The number of aliphatic hydroxyl groups is 3. The van der Waals surface area contributed by atoms with E-state index in [1.165, 1.54) is 57.8 Å². The summed E-state index contributed by atoms with van der Waals surface area (Å²) in [5, 5.41) is 27.6. The van der Waals surface area contributed by atoms with Crippen molar-refractivity contribution in [2.45, 2.75) is 83.6 Å². The second-order valence-corrected chi connectivity index (χ2v) is 7.63. The first kappa shape index (κ1) is 28.9. The van der Waals surface area contributed by atoms with E-state index < -0.39 is 10.4 Å². The molecule has 0 aromatic carbocycles. The van der Waals surface area contributed by atoms with Crippen LogP contribution in [0.2, 0.25) is 0 Å². The molecule has 0 spiro atoms. The van der Waals surface area contributed by atoms with E-state index >= 15 is 0 Å². The molecule has 0 aliphatic carbocycles. The smallest absolute Gasteiger partial charge is 0.394 e. The van der Waals surface area contributed by atoms with Gasteiger partial charge in [-0.3, -0.25) is 14.0 Å². The zero-order valence-corrected chi connectivity index (χ0v) is 17.6. The first-order valence-corrected chi connectivity index (χ1v) is 11.5. The molecular weight excluding hydrogens is 374 g/mol. The van der Waals surface area contributed by atoms with Crippen molar-refractivity contribution in [2.75, 3.05) is 32.9 Å². The maximum Gasteiger partial charge on any atom is 0.394 e. The summed E-state index contributed by atoms with van der Waals surface area (Å²) in [5.41, 5.74) is 0. The van der Waals surface area contributed by atoms with Gasteiger partial charge in [0.25, 0.3) is 0 Å². The van der Waals surface area contributed by atoms with Crippen LogP contribution < -0.4 is 0 Å². The standard InChI is InChI=1S/C18H39NO3.H2O4S/c1-2-3-4-5-6-7-8-9-10-11-12-18(17-22)19(13-15-20)14-16-21;1-5(2,3)4/h18,20-22H,2-17H2,1H3;(H2,1,2,3,4). The SMILES string of the molecule is CCCCCCCCCCCCC(CO)N(CCO)CCO.O=S(=O)(O)O. The molecule has 1 unspecified atom stereocenters. The van der Waals surface area contributed by atoms with E-state index in [-0.39, 0.29) is 25.9 Å². The van der Waals surface area contributed by atoms with Crippen molar-refractivity contribution in [1.29, 1.82) is 0 Å². The highest BCUT2D eigenvalue weighted by Gasteiger charge is 2.16. The summed E-state index contributed by atoms with van der Waals surface area (Å²) in [6, 6.07) is 0.0772. The Morgan fingerprint density at radius 1 is 0.741 bits per heavy atom. The van der Waals surface area contributed by atoms with Gasteiger partial charge in [-0.05, 0) is 6.42 Å². The summed E-state index contributed by atoms with van der Waals surface area (Å²) in [4.78, 5) is 1.99. The Labute approximate surface area is 165 Å². The Bertz CT molecular complexity index is 379. The third kappa shape index (κ3) is 25.7. The Morgan fingerprint density at radius 3 is 1.44 bits per heavy atom. The van der Waals surface area contributed by atoms with Crippen LogP contribution >= 0.6 is 0 Å². The molecule has 1 atom stereocenters. The molecule has 0 saturated heterocycles. The Balaban J connectivity index is 0. The topological polar surface area (TPSA) is 139 Å². The summed E-state index contributed by atoms with van der Waals surface area (Å²) in [7, 11) is -4.67. The van der Waals surface area contributed by atoms with Gasteiger partial charge in [-0.25, -0.2) is 0 Å². The van der Waals surface area contributed by atoms with Crippen LogP contribution in [0.5, 0.6) is 0 Å². The van der Waals surface area contributed by atoms with Gasteiger partial charge in [0.05, 0.1) is 19.8 Å². The Morgan fingerprint density at radius 2 is 1.11 bits per heavy atom. The minimum Gasteiger partial charge on any atom is -0.395 e. The minimum absolute atomic E-state index is 0.0772. The molecule has 27 heavy (non-hydrogen) atoms. The molecule has 8 nitrogen and oxygen atoms in total. The molecule has 166 valence electrons. The summed E-state index contributed by atoms with van der Waals surface area (Å²) in [5.74, 6) is 0. The van der Waals surface area contributed by atoms with Gasteiger partial charge < -0.3 is 15.3 Å². The lowest BCUT2D eigenvalue weighted by Crippen LogP contribution is -2.41. The van der Waals surface area contributed by atoms with Crippen molar-refractivity contribution < 1.29 is 32.8 Å². The van der Waals surface area contributed by atoms with Crippen LogP contribution in [0, 0.1) is 0 Å². The van der Waals surface area contributed by atoms with Crippen LogP contribution in [0.15, 0.2) is 0 Å². The van der Waals surface area contributed by atoms with Gasteiger partial charge in [-0.15, -0.1) is 0 Å². The molecule has 0 aliphatic heterocycles. The van der Waals surface area contributed by atoms with Crippen LogP contribution in [0.1, 0.15) is 77.6 Å². The fourth-order valence-corrected chi connectivity index (χ4v) is 2.99. The third-order valence-electron chi connectivity index (χ3n) is 4.39. The maximum atomic E-state index is 9.49. The number of hydrogen-bond acceptors (Lipinski definition) is 6. The Kier molecular flexibility index (Phi) is 21.9. The van der Waals surface area contributed by atoms with E-state index in [2.05, 4.69) is 6.92 Å². The molecule has 5 N–H and O–H groups in total. The van der Waals surface area contributed by atoms with Crippen molar-refractivity contribution >= 4 is 10.4 Å². The molecule has 0 heterocycles. The zero-order valence-electron chi connectivity index (χ0n) is 16.8. The van der Waals surface area contributed by atoms with Crippen LogP contribution in [-0.4, -0.2) is 76.7 Å². The van der Waals surface area contributed by atoms with E-state index in [4.69, 9.17) is 27.7 Å². The fourth-order valence-electron chi connectivity index (χ4n) is 2.99. The van der Waals surface area contributed by atoms with Crippen LogP contribution in [0.4, 0.5) is 0 Å². The van der Waals surface area contributed by atoms with Crippen molar-refractivity contribution in [3.63, 3.8) is 0 Å². The van der Waals surface area contributed by atoms with Gasteiger partial charge in [0.2, 0.25) is 0 Å². The number of unbranched alkanes of at least 4 members (excludes halogenated alkanes) is 9. The second-order valence-electron chi connectivity index (χ2n) is 6.74. The summed E-state index contributed by atoms with van der Waals surface area (Å²) < 4.78 is 31.6. The summed E-state index contributed by atoms with van der Waals surface area (Å²) in [6.07, 6.45) is 14.1. The first-order valence-electron chi connectivity index (χ1n) is 10.1. The van der Waals surface area contributed by atoms with E-state index in [1.54, 1.807) is 0 Å². The van der Waals surface area contributed by atoms with Crippen LogP contribution in [0.3, 0.4) is 0 Å². The quantitative estimate of drug-likeness (QED) is 0.180. The fraction of sp³-hybridized carbons (Fsp3) is 1.00. The molecule has 0 saturated carbocycles. The monoisotopic (exact) mass is 415 g/mol. The highest BCUT2D eigenvalue weighted by Crippen LogP contribution is 2.14.